The average Bonchev–Trinajstić information content (AvgIpc) is 2.64. The molecule has 0 aliphatic carbocycles. The topological polar surface area (TPSA) is 62.5 Å². The number of hydrogen-bond acceptors (Lipinski definition) is 3. The maximum atomic E-state index is 13.3. The van der Waals surface area contributed by atoms with Crippen LogP contribution < -0.4 is 10.5 Å². The van der Waals surface area contributed by atoms with Gasteiger partial charge in [0.05, 0.1) is 5.69 Å². The van der Waals surface area contributed by atoms with Crippen LogP contribution in [0.1, 0.15) is 10.4 Å². The molecule has 3 rings (SSSR count). The number of benzene rings is 2. The summed E-state index contributed by atoms with van der Waals surface area (Å²) in [5.74, 6) is -1.69. The van der Waals surface area contributed by atoms with Crippen LogP contribution in [0.25, 0.3) is 22.4 Å². The Balaban J connectivity index is 2.31. The van der Waals surface area contributed by atoms with Gasteiger partial charge < -0.3 is 14.6 Å². The molecular weight excluding hydrogens is 347 g/mol. The van der Waals surface area contributed by atoms with E-state index in [0.29, 0.717) is 16.8 Å². The van der Waals surface area contributed by atoms with Gasteiger partial charge in [0, 0.05) is 32.4 Å². The lowest BCUT2D eigenvalue weighted by Gasteiger charge is -2.18. The van der Waals surface area contributed by atoms with Crippen molar-refractivity contribution in [3.05, 3.63) is 76.3 Å². The van der Waals surface area contributed by atoms with Crippen LogP contribution in [0, 0.1) is 5.82 Å². The van der Waals surface area contributed by atoms with Crippen LogP contribution in [0.2, 0.25) is 0 Å². The van der Waals surface area contributed by atoms with E-state index >= 15 is 0 Å². The summed E-state index contributed by atoms with van der Waals surface area (Å²) in [6.07, 6.45) is 0. The summed E-state index contributed by atoms with van der Waals surface area (Å²) in [4.78, 5) is 26.0. The van der Waals surface area contributed by atoms with Crippen LogP contribution in [0.5, 0.6) is 0 Å². The van der Waals surface area contributed by atoms with Crippen LogP contribution in [0.3, 0.4) is 0 Å². The van der Waals surface area contributed by atoms with Gasteiger partial charge in [-0.25, -0.2) is 9.18 Å². The lowest BCUT2D eigenvalue weighted by atomic mass is 9.97. The maximum absolute atomic E-state index is 13.3. The number of halogens is 1. The monoisotopic (exact) mass is 366 g/mol. The lowest BCUT2D eigenvalue weighted by molar-refractivity contribution is 0.0694. The Labute approximate surface area is 155 Å². The van der Waals surface area contributed by atoms with E-state index in [1.165, 1.54) is 29.8 Å². The molecule has 0 aliphatic heterocycles. The van der Waals surface area contributed by atoms with E-state index < -0.39 is 11.5 Å². The molecule has 1 N–H and O–H groups in total. The quantitative estimate of drug-likeness (QED) is 0.766. The Morgan fingerprint density at radius 3 is 2.07 bits per heavy atom. The van der Waals surface area contributed by atoms with Crippen LogP contribution >= 0.6 is 0 Å². The molecule has 0 unspecified atom stereocenters. The number of aromatic carboxylic acids is 1. The minimum atomic E-state index is -1.30. The molecule has 0 amide bonds. The number of carboxylic acid groups (broad SMARTS) is 1. The number of carbonyl (C=O) groups is 1. The molecule has 1 aromatic heterocycles. The number of hydrogen-bond donors (Lipinski definition) is 1. The molecule has 0 spiro atoms. The summed E-state index contributed by atoms with van der Waals surface area (Å²) in [6, 6.07) is 14.7. The highest BCUT2D eigenvalue weighted by Gasteiger charge is 2.19. The number of anilines is 1. The second-order valence-corrected chi connectivity index (χ2v) is 6.44. The normalized spacial score (nSPS) is 10.7. The van der Waals surface area contributed by atoms with Gasteiger partial charge in [-0.2, -0.15) is 0 Å². The number of nitrogens with zero attached hydrogens (tertiary/aromatic N) is 2. The van der Waals surface area contributed by atoms with Crippen molar-refractivity contribution < 1.29 is 14.3 Å². The van der Waals surface area contributed by atoms with Crippen molar-refractivity contribution in [2.24, 2.45) is 7.05 Å². The van der Waals surface area contributed by atoms with Gasteiger partial charge in [-0.3, -0.25) is 4.79 Å². The molecule has 0 atom stereocenters. The minimum absolute atomic E-state index is 0.328. The summed E-state index contributed by atoms with van der Waals surface area (Å²) < 4.78 is 14.7. The van der Waals surface area contributed by atoms with E-state index in [1.807, 2.05) is 43.3 Å². The number of rotatable bonds is 4. The van der Waals surface area contributed by atoms with Crippen molar-refractivity contribution in [3.8, 4) is 22.4 Å². The maximum Gasteiger partial charge on any atom is 0.341 e. The van der Waals surface area contributed by atoms with E-state index in [9.17, 15) is 19.1 Å². The predicted octanol–water partition coefficient (Wildman–Crippen LogP) is 3.62. The first kappa shape index (κ1) is 18.4. The highest BCUT2D eigenvalue weighted by Crippen LogP contribution is 2.32. The van der Waals surface area contributed by atoms with Crippen molar-refractivity contribution in [3.63, 3.8) is 0 Å². The summed E-state index contributed by atoms with van der Waals surface area (Å²) >= 11 is 0. The molecule has 6 heteroatoms. The summed E-state index contributed by atoms with van der Waals surface area (Å²) in [5.41, 5.74) is 2.58. The van der Waals surface area contributed by atoms with E-state index in [-0.39, 0.29) is 11.4 Å². The van der Waals surface area contributed by atoms with Crippen molar-refractivity contribution in [1.29, 1.82) is 0 Å². The average molecular weight is 366 g/mol. The molecule has 0 bridgehead atoms. The van der Waals surface area contributed by atoms with E-state index in [4.69, 9.17) is 0 Å². The van der Waals surface area contributed by atoms with Gasteiger partial charge in [0.2, 0.25) is 0 Å². The molecule has 0 radical (unpaired) electrons. The van der Waals surface area contributed by atoms with Gasteiger partial charge in [-0.05, 0) is 41.5 Å². The van der Waals surface area contributed by atoms with E-state index in [1.54, 1.807) is 12.1 Å². The third-order valence-electron chi connectivity index (χ3n) is 4.46. The highest BCUT2D eigenvalue weighted by molar-refractivity contribution is 5.92. The second-order valence-electron chi connectivity index (χ2n) is 6.44. The molecule has 1 heterocycles. The van der Waals surface area contributed by atoms with Crippen molar-refractivity contribution >= 4 is 11.7 Å². The first-order valence-electron chi connectivity index (χ1n) is 8.30. The molecule has 0 fully saturated rings. The van der Waals surface area contributed by atoms with Crippen molar-refractivity contribution in [2.75, 3.05) is 19.0 Å². The highest BCUT2D eigenvalue weighted by atomic mass is 19.1. The van der Waals surface area contributed by atoms with Crippen molar-refractivity contribution in [2.45, 2.75) is 0 Å². The van der Waals surface area contributed by atoms with Gasteiger partial charge in [-0.1, -0.05) is 24.3 Å². The first-order chi connectivity index (χ1) is 12.8. The first-order valence-corrected chi connectivity index (χ1v) is 8.30. The molecule has 3 aromatic rings. The van der Waals surface area contributed by atoms with Gasteiger partial charge >= 0.3 is 5.97 Å². The smallest absolute Gasteiger partial charge is 0.341 e. The van der Waals surface area contributed by atoms with E-state index in [0.717, 1.165) is 11.3 Å². The van der Waals surface area contributed by atoms with Crippen LogP contribution in [-0.2, 0) is 7.05 Å². The Bertz CT molecular complexity index is 1050. The standard InChI is InChI=1S/C21H19FN2O3/c1-23(2)16-10-6-14(7-11-16)19-17(13-4-8-15(22)9-5-13)12-18(21(26)27)20(25)24(19)3/h4-12H,1-3H3,(H,26,27). The summed E-state index contributed by atoms with van der Waals surface area (Å²) in [6.45, 7) is 0. The van der Waals surface area contributed by atoms with Gasteiger partial charge in [0.25, 0.3) is 5.56 Å². The molecule has 138 valence electrons. The van der Waals surface area contributed by atoms with Crippen LogP contribution in [0.15, 0.2) is 59.4 Å². The summed E-state index contributed by atoms with van der Waals surface area (Å²) in [7, 11) is 5.39. The van der Waals surface area contributed by atoms with Gasteiger partial charge in [0.15, 0.2) is 0 Å². The number of aromatic nitrogens is 1. The molecule has 0 saturated heterocycles. The Morgan fingerprint density at radius 2 is 1.56 bits per heavy atom. The fourth-order valence-electron chi connectivity index (χ4n) is 3.01. The van der Waals surface area contributed by atoms with Crippen LogP contribution in [-0.4, -0.2) is 29.7 Å². The number of pyridine rings is 1. The summed E-state index contributed by atoms with van der Waals surface area (Å²) in [5, 5.41) is 9.39. The molecule has 27 heavy (non-hydrogen) atoms. The van der Waals surface area contributed by atoms with E-state index in [2.05, 4.69) is 0 Å². The Morgan fingerprint density at radius 1 is 1.00 bits per heavy atom. The molecule has 0 saturated carbocycles. The molecule has 2 aromatic carbocycles. The third-order valence-corrected chi connectivity index (χ3v) is 4.46. The zero-order valence-electron chi connectivity index (χ0n) is 15.2. The number of carboxylic acids is 1. The van der Waals surface area contributed by atoms with Gasteiger partial charge in [0.1, 0.15) is 11.4 Å². The fraction of sp³-hybridized carbons (Fsp3) is 0.143. The SMILES string of the molecule is CN(C)c1ccc(-c2c(-c3ccc(F)cc3)cc(C(=O)O)c(=O)n2C)cc1. The molecule has 5 nitrogen and oxygen atoms in total. The Hall–Kier alpha value is -3.41. The zero-order chi connectivity index (χ0) is 19.7. The predicted molar refractivity (Wildman–Crippen MR) is 104 cm³/mol. The fourth-order valence-corrected chi connectivity index (χ4v) is 3.01. The largest absolute Gasteiger partial charge is 0.477 e. The van der Waals surface area contributed by atoms with Crippen LogP contribution in [0.4, 0.5) is 10.1 Å². The minimum Gasteiger partial charge on any atom is -0.477 e. The molecular formula is C21H19FN2O3. The lowest BCUT2D eigenvalue weighted by Crippen LogP contribution is -2.26. The zero-order valence-corrected chi connectivity index (χ0v) is 15.2. The van der Waals surface area contributed by atoms with Gasteiger partial charge in [-0.15, -0.1) is 0 Å². The molecule has 0 aliphatic rings. The second kappa shape index (κ2) is 7.07. The van der Waals surface area contributed by atoms with Crippen molar-refractivity contribution in [1.82, 2.24) is 4.57 Å². The Kier molecular flexibility index (Phi) is 4.81. The third kappa shape index (κ3) is 3.46.